The summed E-state index contributed by atoms with van der Waals surface area (Å²) in [5.74, 6) is -0.731. The zero-order valence-corrected chi connectivity index (χ0v) is 15.2. The van der Waals surface area contributed by atoms with Crippen molar-refractivity contribution in [2.45, 2.75) is 57.7 Å². The van der Waals surface area contributed by atoms with Crippen molar-refractivity contribution in [3.63, 3.8) is 0 Å². The van der Waals surface area contributed by atoms with E-state index in [2.05, 4.69) is 61.1 Å². The molecule has 0 radical (unpaired) electrons. The molecular formula is C18H28N4O3. The number of hydrogen-bond donors (Lipinski definition) is 5. The molecule has 3 rings (SSSR count). The van der Waals surface area contributed by atoms with Crippen molar-refractivity contribution in [1.29, 1.82) is 0 Å². The number of hydrazine groups is 1. The second-order valence-electron chi connectivity index (χ2n) is 7.92. The molecule has 1 amide bonds. The van der Waals surface area contributed by atoms with Gasteiger partial charge in [0, 0.05) is 6.04 Å². The quantitative estimate of drug-likeness (QED) is 0.534. The third-order valence-corrected chi connectivity index (χ3v) is 5.17. The Bertz CT molecular complexity index is 628. The van der Waals surface area contributed by atoms with E-state index in [1.54, 1.807) is 0 Å². The molecule has 0 spiro atoms. The number of hydrogen-bond acceptors (Lipinski definition) is 6. The van der Waals surface area contributed by atoms with Gasteiger partial charge in [0.05, 0.1) is 24.7 Å². The van der Waals surface area contributed by atoms with Crippen molar-refractivity contribution in [1.82, 2.24) is 21.1 Å². The zero-order chi connectivity index (χ0) is 18.4. The Morgan fingerprint density at radius 1 is 1.24 bits per heavy atom. The van der Waals surface area contributed by atoms with Gasteiger partial charge in [0.25, 0.3) is 0 Å². The number of carbonyl (C=O) groups is 1. The molecule has 0 saturated carbocycles. The first-order chi connectivity index (χ1) is 11.7. The van der Waals surface area contributed by atoms with Gasteiger partial charge in [-0.1, -0.05) is 45.0 Å². The number of carbonyl (C=O) groups excluding carboxylic acids is 1. The van der Waals surface area contributed by atoms with Crippen LogP contribution < -0.4 is 16.1 Å². The number of amides is 1. The number of benzene rings is 1. The van der Waals surface area contributed by atoms with Crippen LogP contribution >= 0.6 is 0 Å². The Balaban J connectivity index is 1.83. The van der Waals surface area contributed by atoms with Crippen molar-refractivity contribution >= 4 is 5.91 Å². The lowest BCUT2D eigenvalue weighted by molar-refractivity contribution is -0.137. The van der Waals surface area contributed by atoms with E-state index in [-0.39, 0.29) is 30.0 Å². The molecule has 2 aliphatic heterocycles. The number of aliphatic hydroxyl groups is 2. The minimum Gasteiger partial charge on any atom is -0.395 e. The van der Waals surface area contributed by atoms with E-state index in [9.17, 15) is 15.0 Å². The Labute approximate surface area is 148 Å². The van der Waals surface area contributed by atoms with Crippen LogP contribution in [-0.4, -0.2) is 46.3 Å². The molecule has 138 valence electrons. The first-order valence-electron chi connectivity index (χ1n) is 8.72. The molecule has 2 saturated heterocycles. The highest BCUT2D eigenvalue weighted by molar-refractivity contribution is 5.81. The van der Waals surface area contributed by atoms with Gasteiger partial charge in [-0.05, 0) is 23.5 Å². The normalized spacial score (nSPS) is 31.5. The molecular weight excluding hydrogens is 320 g/mol. The Hall–Kier alpha value is -1.51. The van der Waals surface area contributed by atoms with Gasteiger partial charge in [-0.2, -0.15) is 0 Å². The van der Waals surface area contributed by atoms with Crippen LogP contribution in [0.2, 0.25) is 0 Å². The van der Waals surface area contributed by atoms with Gasteiger partial charge >= 0.3 is 0 Å². The summed E-state index contributed by atoms with van der Waals surface area (Å²) in [6.45, 7) is 8.41. The summed E-state index contributed by atoms with van der Waals surface area (Å²) in [5, 5.41) is 26.8. The Morgan fingerprint density at radius 2 is 1.88 bits per heavy atom. The van der Waals surface area contributed by atoms with Crippen LogP contribution in [0.25, 0.3) is 0 Å². The molecule has 2 heterocycles. The van der Waals surface area contributed by atoms with E-state index in [1.165, 1.54) is 5.56 Å². The molecule has 0 aromatic heterocycles. The van der Waals surface area contributed by atoms with E-state index >= 15 is 0 Å². The fourth-order valence-corrected chi connectivity index (χ4v) is 3.62. The fourth-order valence-electron chi connectivity index (χ4n) is 3.62. The monoisotopic (exact) mass is 348 g/mol. The SMILES string of the molecule is CC(c1ccc(C(C)(C)C)cc1)N1NC(CO)C2C(=O)NC(O)NC21. The van der Waals surface area contributed by atoms with Gasteiger partial charge in [0.1, 0.15) is 0 Å². The van der Waals surface area contributed by atoms with Gasteiger partial charge in [0.15, 0.2) is 6.35 Å². The lowest BCUT2D eigenvalue weighted by atomic mass is 9.86. The summed E-state index contributed by atoms with van der Waals surface area (Å²) in [4.78, 5) is 12.2. The van der Waals surface area contributed by atoms with Crippen molar-refractivity contribution < 1.29 is 15.0 Å². The van der Waals surface area contributed by atoms with Crippen molar-refractivity contribution in [2.24, 2.45) is 5.92 Å². The van der Waals surface area contributed by atoms with Gasteiger partial charge < -0.3 is 15.5 Å². The summed E-state index contributed by atoms with van der Waals surface area (Å²) in [5.41, 5.74) is 5.67. The molecule has 0 bridgehead atoms. The first kappa shape index (κ1) is 18.3. The Morgan fingerprint density at radius 3 is 2.44 bits per heavy atom. The van der Waals surface area contributed by atoms with Crippen LogP contribution in [0.1, 0.15) is 44.9 Å². The molecule has 2 fully saturated rings. The van der Waals surface area contributed by atoms with E-state index in [0.29, 0.717) is 0 Å². The van der Waals surface area contributed by atoms with E-state index < -0.39 is 18.4 Å². The summed E-state index contributed by atoms with van der Waals surface area (Å²) >= 11 is 0. The lowest BCUT2D eigenvalue weighted by Gasteiger charge is -2.37. The van der Waals surface area contributed by atoms with Crippen LogP contribution in [0, 0.1) is 5.92 Å². The van der Waals surface area contributed by atoms with Crippen LogP contribution in [0.15, 0.2) is 24.3 Å². The minimum atomic E-state index is -1.09. The van der Waals surface area contributed by atoms with Crippen LogP contribution in [-0.2, 0) is 10.2 Å². The highest BCUT2D eigenvalue weighted by Crippen LogP contribution is 2.32. The highest BCUT2D eigenvalue weighted by Gasteiger charge is 2.50. The predicted molar refractivity (Wildman–Crippen MR) is 94.0 cm³/mol. The number of rotatable bonds is 3. The van der Waals surface area contributed by atoms with Gasteiger partial charge in [-0.3, -0.25) is 10.1 Å². The molecule has 2 aliphatic rings. The molecule has 5 N–H and O–H groups in total. The molecule has 7 heteroatoms. The van der Waals surface area contributed by atoms with E-state index in [1.807, 2.05) is 11.9 Å². The van der Waals surface area contributed by atoms with Gasteiger partial charge in [-0.25, -0.2) is 10.4 Å². The first-order valence-corrected chi connectivity index (χ1v) is 8.72. The Kier molecular flexibility index (Phi) is 4.87. The van der Waals surface area contributed by atoms with Crippen molar-refractivity contribution in [2.75, 3.05) is 6.61 Å². The lowest BCUT2D eigenvalue weighted by Crippen LogP contribution is -2.64. The number of fused-ring (bicyclic) bond motifs is 1. The fraction of sp³-hybridized carbons (Fsp3) is 0.611. The number of nitrogens with one attached hydrogen (secondary N) is 3. The maximum absolute atomic E-state index is 12.2. The maximum atomic E-state index is 12.2. The van der Waals surface area contributed by atoms with E-state index in [4.69, 9.17) is 0 Å². The van der Waals surface area contributed by atoms with Crippen LogP contribution in [0.3, 0.4) is 0 Å². The average molecular weight is 348 g/mol. The second-order valence-corrected chi connectivity index (χ2v) is 7.92. The highest BCUT2D eigenvalue weighted by atomic mass is 16.3. The summed E-state index contributed by atoms with van der Waals surface area (Å²) < 4.78 is 0. The third-order valence-electron chi connectivity index (χ3n) is 5.17. The minimum absolute atomic E-state index is 0.0383. The number of aliphatic hydroxyl groups excluding tert-OH is 2. The third kappa shape index (κ3) is 3.43. The standard InChI is InChI=1S/C18H28N4O3/c1-10(11-5-7-12(8-6-11)18(2,3)4)22-15-14(13(9-23)21-22)16(24)20-17(25)19-15/h5-8,10,13-15,17,19,21,23,25H,9H2,1-4H3,(H,20,24). The average Bonchev–Trinajstić information content (AvgIpc) is 2.92. The zero-order valence-electron chi connectivity index (χ0n) is 15.2. The summed E-state index contributed by atoms with van der Waals surface area (Å²) in [6.07, 6.45) is -1.48. The maximum Gasteiger partial charge on any atom is 0.230 e. The molecule has 7 nitrogen and oxygen atoms in total. The van der Waals surface area contributed by atoms with Gasteiger partial charge in [0.2, 0.25) is 5.91 Å². The topological polar surface area (TPSA) is 96.9 Å². The van der Waals surface area contributed by atoms with Crippen LogP contribution in [0.5, 0.6) is 0 Å². The largest absolute Gasteiger partial charge is 0.395 e. The second kappa shape index (κ2) is 6.66. The molecule has 0 aliphatic carbocycles. The predicted octanol–water partition coefficient (Wildman–Crippen LogP) is 0.164. The molecule has 5 atom stereocenters. The van der Waals surface area contributed by atoms with E-state index in [0.717, 1.165) is 5.56 Å². The molecule has 5 unspecified atom stereocenters. The van der Waals surface area contributed by atoms with Crippen LogP contribution in [0.4, 0.5) is 0 Å². The molecule has 25 heavy (non-hydrogen) atoms. The number of nitrogens with zero attached hydrogens (tertiary/aromatic N) is 1. The van der Waals surface area contributed by atoms with Crippen molar-refractivity contribution in [3.8, 4) is 0 Å². The van der Waals surface area contributed by atoms with Gasteiger partial charge in [-0.15, -0.1) is 0 Å². The summed E-state index contributed by atoms with van der Waals surface area (Å²) in [7, 11) is 0. The molecule has 1 aromatic carbocycles. The van der Waals surface area contributed by atoms with Crippen molar-refractivity contribution in [3.05, 3.63) is 35.4 Å². The molecule has 1 aromatic rings. The smallest absolute Gasteiger partial charge is 0.230 e. The summed E-state index contributed by atoms with van der Waals surface area (Å²) in [6, 6.07) is 8.00.